The monoisotopic (exact) mass is 357 g/mol. The lowest BCUT2D eigenvalue weighted by molar-refractivity contribution is 0.0953. The van der Waals surface area contributed by atoms with Crippen molar-refractivity contribution in [1.29, 1.82) is 0 Å². The van der Waals surface area contributed by atoms with Crippen LogP contribution in [0.4, 0.5) is 0 Å². The van der Waals surface area contributed by atoms with Crippen LogP contribution >= 0.6 is 22.3 Å². The van der Waals surface area contributed by atoms with Gasteiger partial charge in [0.05, 0.1) is 15.5 Å². The molecule has 1 unspecified atom stereocenters. The second kappa shape index (κ2) is 7.40. The molecule has 1 rings (SSSR count). The van der Waals surface area contributed by atoms with Gasteiger partial charge >= 0.3 is 0 Å². The number of benzene rings is 1. The number of hydrogen-bond donors (Lipinski definition) is 1. The Morgan fingerprint density at radius 2 is 2.05 bits per heavy atom. The third-order valence-electron chi connectivity index (χ3n) is 2.36. The molecule has 0 aliphatic heterocycles. The Morgan fingerprint density at radius 1 is 1.40 bits per heavy atom. The van der Waals surface area contributed by atoms with Crippen LogP contribution in [0.1, 0.15) is 16.8 Å². The van der Waals surface area contributed by atoms with Gasteiger partial charge in [-0.2, -0.15) is 0 Å². The fraction of sp³-hybridized carbons (Fsp3) is 0.364. The normalized spacial score (nSPS) is 12.9. The standard InChI is InChI=1S/C11H13Cl2NO4S2/c1-19(16)6-2-5-14-11(15)9-7-8(20(13,17)18)3-4-10(9)12/h3-4,7H,2,5-6H2,1H3,(H,14,15). The summed E-state index contributed by atoms with van der Waals surface area (Å²) in [6.07, 6.45) is 2.13. The van der Waals surface area contributed by atoms with Crippen LogP contribution in [0.3, 0.4) is 0 Å². The van der Waals surface area contributed by atoms with E-state index in [9.17, 15) is 17.4 Å². The predicted octanol–water partition coefficient (Wildman–Crippen LogP) is 1.77. The predicted molar refractivity (Wildman–Crippen MR) is 80.4 cm³/mol. The molecule has 1 aromatic rings. The average molecular weight is 358 g/mol. The smallest absolute Gasteiger partial charge is 0.261 e. The highest BCUT2D eigenvalue weighted by atomic mass is 35.7. The van der Waals surface area contributed by atoms with E-state index in [4.69, 9.17) is 22.3 Å². The molecule has 0 aromatic heterocycles. The molecule has 1 aromatic carbocycles. The number of halogens is 2. The van der Waals surface area contributed by atoms with Crippen molar-refractivity contribution in [2.45, 2.75) is 11.3 Å². The molecule has 0 heterocycles. The minimum absolute atomic E-state index is 0.0333. The van der Waals surface area contributed by atoms with Gasteiger partial charge in [0.15, 0.2) is 0 Å². The molecular weight excluding hydrogens is 345 g/mol. The van der Waals surface area contributed by atoms with Crippen LogP contribution in [0.25, 0.3) is 0 Å². The van der Waals surface area contributed by atoms with Gasteiger partial charge < -0.3 is 5.32 Å². The van der Waals surface area contributed by atoms with Crippen LogP contribution in [-0.2, 0) is 19.9 Å². The number of carbonyl (C=O) groups excluding carboxylic acids is 1. The summed E-state index contributed by atoms with van der Waals surface area (Å²) in [5.74, 6) is -0.0246. The van der Waals surface area contributed by atoms with Crippen molar-refractivity contribution < 1.29 is 17.4 Å². The van der Waals surface area contributed by atoms with E-state index in [1.807, 2.05) is 0 Å². The Hall–Kier alpha value is -0.630. The number of nitrogens with one attached hydrogen (secondary N) is 1. The van der Waals surface area contributed by atoms with Gasteiger partial charge in [-0.15, -0.1) is 0 Å². The van der Waals surface area contributed by atoms with E-state index in [-0.39, 0.29) is 15.5 Å². The van der Waals surface area contributed by atoms with Gasteiger partial charge in [-0.3, -0.25) is 9.00 Å². The molecule has 0 aliphatic carbocycles. The third-order valence-corrected chi connectivity index (χ3v) is 4.90. The molecular formula is C11H13Cl2NO4S2. The zero-order valence-corrected chi connectivity index (χ0v) is 13.7. The highest BCUT2D eigenvalue weighted by Crippen LogP contribution is 2.22. The molecule has 1 atom stereocenters. The average Bonchev–Trinajstić information content (AvgIpc) is 2.33. The summed E-state index contributed by atoms with van der Waals surface area (Å²) in [6, 6.07) is 3.65. The first-order valence-electron chi connectivity index (χ1n) is 5.54. The lowest BCUT2D eigenvalue weighted by Gasteiger charge is -2.07. The van der Waals surface area contributed by atoms with E-state index in [0.29, 0.717) is 18.7 Å². The Bertz CT molecular complexity index is 631. The van der Waals surface area contributed by atoms with Crippen LogP contribution in [0.5, 0.6) is 0 Å². The quantitative estimate of drug-likeness (QED) is 0.621. The zero-order valence-electron chi connectivity index (χ0n) is 10.6. The summed E-state index contributed by atoms with van der Waals surface area (Å²) in [5, 5.41) is 2.71. The van der Waals surface area contributed by atoms with E-state index in [0.717, 1.165) is 6.07 Å². The lowest BCUT2D eigenvalue weighted by Crippen LogP contribution is -2.25. The van der Waals surface area contributed by atoms with Crippen LogP contribution in [0.2, 0.25) is 5.02 Å². The first kappa shape index (κ1) is 17.4. The zero-order chi connectivity index (χ0) is 15.3. The van der Waals surface area contributed by atoms with Gasteiger partial charge in [0.2, 0.25) is 0 Å². The molecule has 0 saturated heterocycles. The second-order valence-corrected chi connectivity index (χ2v) is 8.49. The maximum absolute atomic E-state index is 11.9. The summed E-state index contributed by atoms with van der Waals surface area (Å²) < 4.78 is 33.3. The SMILES string of the molecule is CS(=O)CCCNC(=O)c1cc(S(=O)(=O)Cl)ccc1Cl. The Labute approximate surface area is 129 Å². The van der Waals surface area contributed by atoms with Crippen molar-refractivity contribution in [2.75, 3.05) is 18.6 Å². The van der Waals surface area contributed by atoms with Gasteiger partial charge in [-0.1, -0.05) is 11.6 Å². The van der Waals surface area contributed by atoms with Crippen molar-refractivity contribution >= 4 is 48.0 Å². The van der Waals surface area contributed by atoms with Crippen molar-refractivity contribution in [2.24, 2.45) is 0 Å². The number of carbonyl (C=O) groups is 1. The number of amides is 1. The summed E-state index contributed by atoms with van der Waals surface area (Å²) in [4.78, 5) is 11.7. The maximum atomic E-state index is 11.9. The summed E-state index contributed by atoms with van der Waals surface area (Å²) in [7, 11) is 0.375. The molecule has 0 saturated carbocycles. The van der Waals surface area contributed by atoms with Gasteiger partial charge in [-0.05, 0) is 24.6 Å². The van der Waals surface area contributed by atoms with Crippen molar-refractivity contribution in [3.63, 3.8) is 0 Å². The van der Waals surface area contributed by atoms with Gasteiger partial charge in [-0.25, -0.2) is 8.42 Å². The van der Waals surface area contributed by atoms with Gasteiger partial charge in [0.1, 0.15) is 0 Å². The highest BCUT2D eigenvalue weighted by Gasteiger charge is 2.16. The molecule has 1 amide bonds. The molecule has 0 fully saturated rings. The topological polar surface area (TPSA) is 80.3 Å². The van der Waals surface area contributed by atoms with E-state index >= 15 is 0 Å². The minimum Gasteiger partial charge on any atom is -0.352 e. The third kappa shape index (κ3) is 5.40. The second-order valence-electron chi connectivity index (χ2n) is 3.97. The molecule has 20 heavy (non-hydrogen) atoms. The summed E-state index contributed by atoms with van der Waals surface area (Å²) >= 11 is 5.86. The van der Waals surface area contributed by atoms with Crippen LogP contribution in [0.15, 0.2) is 23.1 Å². The van der Waals surface area contributed by atoms with Gasteiger partial charge in [0, 0.05) is 40.0 Å². The molecule has 5 nitrogen and oxygen atoms in total. The van der Waals surface area contributed by atoms with Crippen molar-refractivity contribution in [3.8, 4) is 0 Å². The fourth-order valence-corrected chi connectivity index (χ4v) is 2.93. The van der Waals surface area contributed by atoms with E-state index in [2.05, 4.69) is 5.32 Å². The fourth-order valence-electron chi connectivity index (χ4n) is 1.40. The first-order chi connectivity index (χ1) is 9.21. The highest BCUT2D eigenvalue weighted by molar-refractivity contribution is 8.13. The lowest BCUT2D eigenvalue weighted by atomic mass is 10.2. The summed E-state index contributed by atoms with van der Waals surface area (Å²) in [5.41, 5.74) is 0.0333. The molecule has 0 radical (unpaired) electrons. The van der Waals surface area contributed by atoms with Gasteiger partial charge in [0.25, 0.3) is 15.0 Å². The Morgan fingerprint density at radius 3 is 2.60 bits per heavy atom. The maximum Gasteiger partial charge on any atom is 0.261 e. The molecule has 0 bridgehead atoms. The van der Waals surface area contributed by atoms with E-state index in [1.54, 1.807) is 6.26 Å². The van der Waals surface area contributed by atoms with Crippen LogP contribution in [0, 0.1) is 0 Å². The Kier molecular flexibility index (Phi) is 6.44. The first-order valence-corrected chi connectivity index (χ1v) is 9.95. The minimum atomic E-state index is -3.92. The van der Waals surface area contributed by atoms with Crippen LogP contribution in [-0.4, -0.2) is 37.1 Å². The summed E-state index contributed by atoms with van der Waals surface area (Å²) in [6.45, 7) is 0.326. The van der Waals surface area contributed by atoms with E-state index < -0.39 is 25.8 Å². The van der Waals surface area contributed by atoms with E-state index in [1.165, 1.54) is 12.1 Å². The molecule has 9 heteroatoms. The molecule has 1 N–H and O–H groups in total. The number of hydrogen-bond acceptors (Lipinski definition) is 4. The molecule has 112 valence electrons. The van der Waals surface area contributed by atoms with Crippen molar-refractivity contribution in [3.05, 3.63) is 28.8 Å². The number of rotatable bonds is 6. The molecule has 0 aliphatic rings. The van der Waals surface area contributed by atoms with Crippen molar-refractivity contribution in [1.82, 2.24) is 5.32 Å². The molecule has 0 spiro atoms. The Balaban J connectivity index is 2.80. The largest absolute Gasteiger partial charge is 0.352 e. The van der Waals surface area contributed by atoms with Crippen LogP contribution < -0.4 is 5.32 Å².